The summed E-state index contributed by atoms with van der Waals surface area (Å²) in [7, 11) is 2.93. The summed E-state index contributed by atoms with van der Waals surface area (Å²) in [4.78, 5) is 36.8. The Kier molecular flexibility index (Phi) is 6.27. The summed E-state index contributed by atoms with van der Waals surface area (Å²) < 4.78 is 4.52. The van der Waals surface area contributed by atoms with Crippen molar-refractivity contribution >= 4 is 18.0 Å². The molecule has 1 saturated carbocycles. The molecule has 1 aliphatic carbocycles. The molecule has 0 aliphatic heterocycles. The van der Waals surface area contributed by atoms with E-state index < -0.39 is 5.97 Å². The molecule has 0 saturated heterocycles. The van der Waals surface area contributed by atoms with Crippen molar-refractivity contribution in [3.05, 3.63) is 0 Å². The van der Waals surface area contributed by atoms with Crippen LogP contribution < -0.4 is 0 Å². The van der Waals surface area contributed by atoms with Crippen LogP contribution in [0.4, 0.5) is 4.79 Å². The Morgan fingerprint density at radius 1 is 1.30 bits per heavy atom. The zero-order valence-corrected chi connectivity index (χ0v) is 12.0. The first-order valence-corrected chi connectivity index (χ1v) is 6.72. The Hall–Kier alpha value is -1.79. The number of ether oxygens (including phenoxy) is 1. The van der Waals surface area contributed by atoms with E-state index in [0.717, 1.165) is 12.8 Å². The maximum absolute atomic E-state index is 12.2. The third-order valence-electron chi connectivity index (χ3n) is 3.20. The number of carboxylic acid groups (broad SMARTS) is 1. The van der Waals surface area contributed by atoms with Gasteiger partial charge in [0.2, 0.25) is 0 Å². The van der Waals surface area contributed by atoms with E-state index in [-0.39, 0.29) is 25.0 Å². The molecular formula is C13H22N2O5. The zero-order valence-electron chi connectivity index (χ0n) is 12.0. The summed E-state index contributed by atoms with van der Waals surface area (Å²) in [6, 6.07) is -0.302. The number of urea groups is 1. The van der Waals surface area contributed by atoms with Gasteiger partial charge in [-0.05, 0) is 25.2 Å². The number of esters is 1. The predicted octanol–water partition coefficient (Wildman–Crippen LogP) is 0.788. The van der Waals surface area contributed by atoms with Gasteiger partial charge in [-0.1, -0.05) is 0 Å². The number of methoxy groups -OCH3 is 1. The monoisotopic (exact) mass is 286 g/mol. The number of nitrogens with zero attached hydrogens (tertiary/aromatic N) is 2. The average Bonchev–Trinajstić information content (AvgIpc) is 3.20. The first-order valence-electron chi connectivity index (χ1n) is 6.72. The Morgan fingerprint density at radius 3 is 2.45 bits per heavy atom. The van der Waals surface area contributed by atoms with E-state index >= 15 is 0 Å². The molecule has 1 aliphatic rings. The molecule has 0 aromatic carbocycles. The van der Waals surface area contributed by atoms with E-state index in [1.165, 1.54) is 16.9 Å². The van der Waals surface area contributed by atoms with Crippen molar-refractivity contribution in [3.8, 4) is 0 Å². The number of aliphatic carboxylic acids is 1. The second-order valence-corrected chi connectivity index (χ2v) is 5.10. The van der Waals surface area contributed by atoms with Crippen LogP contribution in [0.5, 0.6) is 0 Å². The summed E-state index contributed by atoms with van der Waals surface area (Å²) in [6.07, 6.45) is 2.85. The average molecular weight is 286 g/mol. The Labute approximate surface area is 118 Å². The highest BCUT2D eigenvalue weighted by Gasteiger charge is 2.29. The van der Waals surface area contributed by atoms with E-state index in [2.05, 4.69) is 4.74 Å². The van der Waals surface area contributed by atoms with Crippen LogP contribution in [-0.4, -0.2) is 66.7 Å². The molecule has 114 valence electrons. The van der Waals surface area contributed by atoms with Crippen LogP contribution in [0, 0.1) is 5.92 Å². The van der Waals surface area contributed by atoms with Crippen LogP contribution in [-0.2, 0) is 14.3 Å². The topological polar surface area (TPSA) is 87.2 Å². The molecule has 1 fully saturated rings. The van der Waals surface area contributed by atoms with Crippen molar-refractivity contribution in [3.63, 3.8) is 0 Å². The van der Waals surface area contributed by atoms with Gasteiger partial charge in [-0.3, -0.25) is 9.59 Å². The smallest absolute Gasteiger partial charge is 0.323 e. The van der Waals surface area contributed by atoms with Crippen LogP contribution >= 0.6 is 0 Å². The molecular weight excluding hydrogens is 264 g/mol. The molecule has 0 aromatic heterocycles. The van der Waals surface area contributed by atoms with Crippen molar-refractivity contribution in [2.45, 2.75) is 25.7 Å². The van der Waals surface area contributed by atoms with Gasteiger partial charge in [0.15, 0.2) is 0 Å². The number of amides is 2. The van der Waals surface area contributed by atoms with Gasteiger partial charge in [0.1, 0.15) is 6.54 Å². The predicted molar refractivity (Wildman–Crippen MR) is 71.2 cm³/mol. The number of carbonyl (C=O) groups is 3. The van der Waals surface area contributed by atoms with Crippen LogP contribution in [0.1, 0.15) is 25.7 Å². The van der Waals surface area contributed by atoms with E-state index in [9.17, 15) is 14.4 Å². The minimum absolute atomic E-state index is 0.246. The Morgan fingerprint density at radius 2 is 1.95 bits per heavy atom. The summed E-state index contributed by atoms with van der Waals surface area (Å²) in [5.41, 5.74) is 0. The zero-order chi connectivity index (χ0) is 15.1. The van der Waals surface area contributed by atoms with Crippen LogP contribution in [0.3, 0.4) is 0 Å². The van der Waals surface area contributed by atoms with Crippen LogP contribution in [0.25, 0.3) is 0 Å². The molecule has 7 nitrogen and oxygen atoms in total. The summed E-state index contributed by atoms with van der Waals surface area (Å²) in [6.45, 7) is 0.609. The second kappa shape index (κ2) is 7.72. The fourth-order valence-corrected chi connectivity index (χ4v) is 1.89. The molecule has 0 heterocycles. The highest BCUT2D eigenvalue weighted by atomic mass is 16.5. The maximum atomic E-state index is 12.2. The molecule has 0 radical (unpaired) electrons. The molecule has 1 rings (SSSR count). The van der Waals surface area contributed by atoms with E-state index in [4.69, 9.17) is 5.11 Å². The van der Waals surface area contributed by atoms with Gasteiger partial charge in [0.05, 0.1) is 7.11 Å². The number of carboxylic acids is 1. The first kappa shape index (κ1) is 16.3. The van der Waals surface area contributed by atoms with Crippen LogP contribution in [0.2, 0.25) is 0 Å². The fourth-order valence-electron chi connectivity index (χ4n) is 1.89. The first-order chi connectivity index (χ1) is 9.43. The van der Waals surface area contributed by atoms with Crippen molar-refractivity contribution in [2.24, 2.45) is 5.92 Å². The molecule has 2 amide bonds. The maximum Gasteiger partial charge on any atom is 0.323 e. The lowest BCUT2D eigenvalue weighted by molar-refractivity contribution is -0.140. The molecule has 20 heavy (non-hydrogen) atoms. The fraction of sp³-hybridized carbons (Fsp3) is 0.769. The van der Waals surface area contributed by atoms with E-state index in [0.29, 0.717) is 25.4 Å². The minimum Gasteiger partial charge on any atom is -0.480 e. The van der Waals surface area contributed by atoms with Crippen molar-refractivity contribution < 1.29 is 24.2 Å². The lowest BCUT2D eigenvalue weighted by Gasteiger charge is -2.27. The van der Waals surface area contributed by atoms with E-state index in [1.54, 1.807) is 7.05 Å². The number of carbonyl (C=O) groups excluding carboxylic acids is 2. The van der Waals surface area contributed by atoms with Crippen molar-refractivity contribution in [1.82, 2.24) is 9.80 Å². The van der Waals surface area contributed by atoms with E-state index in [1.807, 2.05) is 0 Å². The van der Waals surface area contributed by atoms with Gasteiger partial charge in [-0.15, -0.1) is 0 Å². The molecule has 0 bridgehead atoms. The van der Waals surface area contributed by atoms with Gasteiger partial charge in [-0.2, -0.15) is 0 Å². The summed E-state index contributed by atoms with van der Waals surface area (Å²) in [5.74, 6) is -0.894. The Bertz CT molecular complexity index is 368. The van der Waals surface area contributed by atoms with Gasteiger partial charge in [-0.25, -0.2) is 4.79 Å². The third-order valence-corrected chi connectivity index (χ3v) is 3.20. The number of hydrogen-bond donors (Lipinski definition) is 1. The summed E-state index contributed by atoms with van der Waals surface area (Å²) >= 11 is 0. The summed E-state index contributed by atoms with van der Waals surface area (Å²) in [5, 5.41) is 8.86. The second-order valence-electron chi connectivity index (χ2n) is 5.10. The van der Waals surface area contributed by atoms with Gasteiger partial charge >= 0.3 is 18.0 Å². The molecule has 0 atom stereocenters. The van der Waals surface area contributed by atoms with Crippen LogP contribution in [0.15, 0.2) is 0 Å². The number of hydrogen-bond acceptors (Lipinski definition) is 4. The third kappa shape index (κ3) is 5.90. The normalized spacial score (nSPS) is 13.7. The molecule has 0 unspecified atom stereocenters. The largest absolute Gasteiger partial charge is 0.480 e. The molecule has 1 N–H and O–H groups in total. The lowest BCUT2D eigenvalue weighted by Crippen LogP contribution is -2.45. The molecule has 7 heteroatoms. The lowest BCUT2D eigenvalue weighted by atomic mass is 10.3. The minimum atomic E-state index is -1.01. The standard InChI is InChI=1S/C13H22N2O5/c1-14(7-3-4-12(18)20-2)13(19)15(9-11(16)17)8-10-5-6-10/h10H,3-9H2,1-2H3,(H,16,17). The SMILES string of the molecule is COC(=O)CCCN(C)C(=O)N(CC(=O)O)CC1CC1. The van der Waals surface area contributed by atoms with Crippen molar-refractivity contribution in [1.29, 1.82) is 0 Å². The highest BCUT2D eigenvalue weighted by molar-refractivity contribution is 5.80. The Balaban J connectivity index is 2.41. The van der Waals surface area contributed by atoms with Gasteiger partial charge < -0.3 is 19.6 Å². The van der Waals surface area contributed by atoms with Gasteiger partial charge in [0.25, 0.3) is 0 Å². The van der Waals surface area contributed by atoms with Gasteiger partial charge in [0, 0.05) is 26.6 Å². The number of rotatable bonds is 8. The quantitative estimate of drug-likeness (QED) is 0.666. The highest BCUT2D eigenvalue weighted by Crippen LogP contribution is 2.29. The molecule has 0 spiro atoms. The molecule has 0 aromatic rings. The van der Waals surface area contributed by atoms with Crippen molar-refractivity contribution in [2.75, 3.05) is 33.8 Å².